The molecule has 1 aliphatic rings. The maximum absolute atomic E-state index is 12.6. The molecule has 0 aromatic heterocycles. The Balaban J connectivity index is 1.66. The van der Waals surface area contributed by atoms with E-state index in [4.69, 9.17) is 12.2 Å². The Hall–Kier alpha value is -2.51. The molecule has 1 amide bonds. The first-order valence-electron chi connectivity index (χ1n) is 8.08. The van der Waals surface area contributed by atoms with E-state index < -0.39 is 4.92 Å². The molecule has 7 heteroatoms. The molecule has 1 saturated heterocycles. The molecule has 0 unspecified atom stereocenters. The third kappa shape index (κ3) is 4.36. The van der Waals surface area contributed by atoms with Gasteiger partial charge in [0, 0.05) is 18.7 Å². The summed E-state index contributed by atoms with van der Waals surface area (Å²) >= 11 is 6.56. The first-order chi connectivity index (χ1) is 12.5. The number of thioether (sulfide) groups is 1. The highest BCUT2D eigenvalue weighted by Gasteiger charge is 2.31. The van der Waals surface area contributed by atoms with Gasteiger partial charge < -0.3 is 0 Å². The van der Waals surface area contributed by atoms with Crippen LogP contribution in [0.25, 0.3) is 6.08 Å². The SMILES string of the molecule is O=C1C(=Cc2cccc([N+](=O)[O-])c2)SC(=S)N1CCCc1ccccc1. The number of amides is 1. The molecular weight excluding hydrogens is 368 g/mol. The molecule has 132 valence electrons. The number of hydrogen-bond donors (Lipinski definition) is 0. The second kappa shape index (κ2) is 8.25. The Kier molecular flexibility index (Phi) is 5.80. The summed E-state index contributed by atoms with van der Waals surface area (Å²) in [4.78, 5) is 25.1. The van der Waals surface area contributed by atoms with Gasteiger partial charge >= 0.3 is 0 Å². The molecule has 2 aromatic rings. The smallest absolute Gasteiger partial charge is 0.270 e. The van der Waals surface area contributed by atoms with Crippen LogP contribution in [0.3, 0.4) is 0 Å². The topological polar surface area (TPSA) is 63.4 Å². The fourth-order valence-corrected chi connectivity index (χ4v) is 3.97. The van der Waals surface area contributed by atoms with Crippen LogP contribution in [0.2, 0.25) is 0 Å². The van der Waals surface area contributed by atoms with Gasteiger partial charge in [0.15, 0.2) is 0 Å². The number of nitro benzene ring substituents is 1. The molecule has 5 nitrogen and oxygen atoms in total. The molecule has 0 bridgehead atoms. The van der Waals surface area contributed by atoms with Crippen molar-refractivity contribution in [3.63, 3.8) is 0 Å². The van der Waals surface area contributed by atoms with Gasteiger partial charge in [-0.3, -0.25) is 19.8 Å². The van der Waals surface area contributed by atoms with Crippen LogP contribution >= 0.6 is 24.0 Å². The first kappa shape index (κ1) is 18.3. The minimum atomic E-state index is -0.452. The van der Waals surface area contributed by atoms with Gasteiger partial charge in [0.25, 0.3) is 11.6 Å². The second-order valence-electron chi connectivity index (χ2n) is 5.77. The molecule has 0 saturated carbocycles. The van der Waals surface area contributed by atoms with Crippen molar-refractivity contribution in [1.29, 1.82) is 0 Å². The van der Waals surface area contributed by atoms with Gasteiger partial charge in [-0.25, -0.2) is 0 Å². The Morgan fingerprint density at radius 2 is 1.92 bits per heavy atom. The number of non-ortho nitro benzene ring substituents is 1. The summed E-state index contributed by atoms with van der Waals surface area (Å²) in [5.74, 6) is -0.139. The Bertz CT molecular complexity index is 881. The van der Waals surface area contributed by atoms with Gasteiger partial charge in [0.05, 0.1) is 9.83 Å². The second-order valence-corrected chi connectivity index (χ2v) is 7.45. The van der Waals surface area contributed by atoms with Gasteiger partial charge in [-0.2, -0.15) is 0 Å². The normalized spacial score (nSPS) is 15.7. The molecule has 0 spiro atoms. The van der Waals surface area contributed by atoms with Crippen molar-refractivity contribution < 1.29 is 9.72 Å². The van der Waals surface area contributed by atoms with Gasteiger partial charge in [-0.1, -0.05) is 66.4 Å². The lowest BCUT2D eigenvalue weighted by molar-refractivity contribution is -0.384. The highest BCUT2D eigenvalue weighted by atomic mass is 32.2. The molecule has 0 N–H and O–H groups in total. The minimum Gasteiger partial charge on any atom is -0.293 e. The Morgan fingerprint density at radius 1 is 1.15 bits per heavy atom. The summed E-state index contributed by atoms with van der Waals surface area (Å²) in [7, 11) is 0. The molecule has 1 fully saturated rings. The predicted molar refractivity (Wildman–Crippen MR) is 108 cm³/mol. The lowest BCUT2D eigenvalue weighted by Gasteiger charge is -2.14. The van der Waals surface area contributed by atoms with Crippen molar-refractivity contribution in [3.8, 4) is 0 Å². The molecule has 0 radical (unpaired) electrons. The van der Waals surface area contributed by atoms with E-state index in [0.29, 0.717) is 21.3 Å². The molecule has 2 aromatic carbocycles. The molecule has 1 heterocycles. The Labute approximate surface area is 160 Å². The molecule has 0 aliphatic carbocycles. The highest BCUT2D eigenvalue weighted by Crippen LogP contribution is 2.33. The zero-order chi connectivity index (χ0) is 18.5. The van der Waals surface area contributed by atoms with E-state index >= 15 is 0 Å². The number of carbonyl (C=O) groups excluding carboxylic acids is 1. The number of nitro groups is 1. The van der Waals surface area contributed by atoms with Crippen LogP contribution in [0.4, 0.5) is 5.69 Å². The van der Waals surface area contributed by atoms with Gasteiger partial charge in [0.1, 0.15) is 4.32 Å². The summed E-state index contributed by atoms with van der Waals surface area (Å²) in [6.45, 7) is 0.561. The number of thiocarbonyl (C=S) groups is 1. The summed E-state index contributed by atoms with van der Waals surface area (Å²) < 4.78 is 0.528. The number of nitrogens with zero attached hydrogens (tertiary/aromatic N) is 2. The van der Waals surface area contributed by atoms with Gasteiger partial charge in [-0.05, 0) is 30.0 Å². The maximum Gasteiger partial charge on any atom is 0.270 e. The Morgan fingerprint density at radius 3 is 2.65 bits per heavy atom. The van der Waals surface area contributed by atoms with Crippen LogP contribution in [-0.2, 0) is 11.2 Å². The number of hydrogen-bond acceptors (Lipinski definition) is 5. The zero-order valence-electron chi connectivity index (χ0n) is 13.8. The van der Waals surface area contributed by atoms with Crippen LogP contribution in [0, 0.1) is 10.1 Å². The average molecular weight is 384 g/mol. The molecule has 1 aliphatic heterocycles. The summed E-state index contributed by atoms with van der Waals surface area (Å²) in [5.41, 5.74) is 1.84. The van der Waals surface area contributed by atoms with E-state index in [1.807, 2.05) is 18.2 Å². The average Bonchev–Trinajstić information content (AvgIpc) is 2.90. The zero-order valence-corrected chi connectivity index (χ0v) is 15.5. The van der Waals surface area contributed by atoms with E-state index in [9.17, 15) is 14.9 Å². The van der Waals surface area contributed by atoms with E-state index in [1.165, 1.54) is 29.5 Å². The van der Waals surface area contributed by atoms with Crippen LogP contribution in [0.1, 0.15) is 17.5 Å². The number of rotatable bonds is 6. The van der Waals surface area contributed by atoms with Gasteiger partial charge in [-0.15, -0.1) is 0 Å². The quantitative estimate of drug-likeness (QED) is 0.319. The molecular formula is C19H16N2O3S2. The van der Waals surface area contributed by atoms with Crippen LogP contribution in [0.15, 0.2) is 59.5 Å². The monoisotopic (exact) mass is 384 g/mol. The fourth-order valence-electron chi connectivity index (χ4n) is 2.66. The van der Waals surface area contributed by atoms with Crippen LogP contribution in [-0.4, -0.2) is 26.6 Å². The van der Waals surface area contributed by atoms with E-state index in [0.717, 1.165) is 12.8 Å². The predicted octanol–water partition coefficient (Wildman–Crippen LogP) is 4.43. The van der Waals surface area contributed by atoms with Crippen molar-refractivity contribution in [1.82, 2.24) is 4.90 Å². The van der Waals surface area contributed by atoms with E-state index in [-0.39, 0.29) is 11.6 Å². The van der Waals surface area contributed by atoms with Crippen LogP contribution < -0.4 is 0 Å². The minimum absolute atomic E-state index is 0.00269. The van der Waals surface area contributed by atoms with Crippen molar-refractivity contribution in [3.05, 3.63) is 80.7 Å². The largest absolute Gasteiger partial charge is 0.293 e. The lowest BCUT2D eigenvalue weighted by Crippen LogP contribution is -2.29. The summed E-state index contributed by atoms with van der Waals surface area (Å²) in [6, 6.07) is 16.3. The standard InChI is InChI=1S/C19H16N2O3S2/c22-18-17(13-15-8-4-10-16(12-15)21(23)24)26-19(25)20(18)11-5-9-14-6-2-1-3-7-14/h1-4,6-8,10,12-13H,5,9,11H2. The fraction of sp³-hybridized carbons (Fsp3) is 0.158. The van der Waals surface area contributed by atoms with E-state index in [2.05, 4.69) is 12.1 Å². The summed E-state index contributed by atoms with van der Waals surface area (Å²) in [5, 5.41) is 10.9. The number of benzene rings is 2. The lowest BCUT2D eigenvalue weighted by atomic mass is 10.1. The summed E-state index contributed by atoms with van der Waals surface area (Å²) in [6.07, 6.45) is 3.35. The molecule has 0 atom stereocenters. The molecule has 26 heavy (non-hydrogen) atoms. The maximum atomic E-state index is 12.6. The van der Waals surface area contributed by atoms with Gasteiger partial charge in [0.2, 0.25) is 0 Å². The third-order valence-electron chi connectivity index (χ3n) is 3.94. The van der Waals surface area contributed by atoms with Crippen molar-refractivity contribution in [2.75, 3.05) is 6.54 Å². The molecule has 3 rings (SSSR count). The third-order valence-corrected chi connectivity index (χ3v) is 5.32. The van der Waals surface area contributed by atoms with Crippen molar-refractivity contribution in [2.24, 2.45) is 0 Å². The number of aryl methyl sites for hydroxylation is 1. The number of carbonyl (C=O) groups is 1. The van der Waals surface area contributed by atoms with E-state index in [1.54, 1.807) is 23.1 Å². The van der Waals surface area contributed by atoms with Crippen molar-refractivity contribution in [2.45, 2.75) is 12.8 Å². The van der Waals surface area contributed by atoms with Crippen molar-refractivity contribution >= 4 is 46.0 Å². The van der Waals surface area contributed by atoms with Crippen LogP contribution in [0.5, 0.6) is 0 Å². The first-order valence-corrected chi connectivity index (χ1v) is 9.31. The highest BCUT2D eigenvalue weighted by molar-refractivity contribution is 8.26.